The number of rotatable bonds is 3. The fraction of sp³-hybridized carbons (Fsp3) is 0.263. The third kappa shape index (κ3) is 3.77. The molecule has 0 aliphatic carbocycles. The number of halogens is 1. The smallest absolute Gasteiger partial charge is 0.313 e. The van der Waals surface area contributed by atoms with Crippen LogP contribution in [-0.2, 0) is 9.59 Å². The first kappa shape index (κ1) is 17.7. The summed E-state index contributed by atoms with van der Waals surface area (Å²) in [4.78, 5) is 28.0. The van der Waals surface area contributed by atoms with E-state index in [9.17, 15) is 14.0 Å². The molecule has 2 amide bonds. The van der Waals surface area contributed by atoms with Gasteiger partial charge in [-0.25, -0.2) is 4.39 Å². The molecule has 0 atom stereocenters. The first-order valence-corrected chi connectivity index (χ1v) is 8.33. The Morgan fingerprint density at radius 1 is 1.00 bits per heavy atom. The van der Waals surface area contributed by atoms with Gasteiger partial charge >= 0.3 is 11.8 Å². The lowest BCUT2D eigenvalue weighted by molar-refractivity contribution is -0.143. The molecule has 2 aromatic rings. The van der Waals surface area contributed by atoms with Gasteiger partial charge in [0.1, 0.15) is 11.6 Å². The van der Waals surface area contributed by atoms with Crippen molar-refractivity contribution in [2.75, 3.05) is 43.5 Å². The van der Waals surface area contributed by atoms with Gasteiger partial charge in [0.15, 0.2) is 0 Å². The lowest BCUT2D eigenvalue weighted by atomic mass is 10.2. The van der Waals surface area contributed by atoms with E-state index in [4.69, 9.17) is 4.74 Å². The van der Waals surface area contributed by atoms with Crippen LogP contribution in [0, 0.1) is 5.82 Å². The van der Waals surface area contributed by atoms with Crippen molar-refractivity contribution < 1.29 is 18.7 Å². The highest BCUT2D eigenvalue weighted by atomic mass is 19.1. The Bertz CT molecular complexity index is 804. The number of amides is 2. The molecular weight excluding hydrogens is 337 g/mol. The van der Waals surface area contributed by atoms with Gasteiger partial charge in [-0.2, -0.15) is 0 Å². The molecule has 1 aliphatic rings. The second kappa shape index (κ2) is 7.86. The number of methoxy groups -OCH3 is 1. The number of carbonyl (C=O) groups is 2. The van der Waals surface area contributed by atoms with E-state index in [-0.39, 0.29) is 5.69 Å². The summed E-state index contributed by atoms with van der Waals surface area (Å²) in [6, 6.07) is 13.4. The largest absolute Gasteiger partial charge is 0.495 e. The van der Waals surface area contributed by atoms with Crippen LogP contribution in [0.2, 0.25) is 0 Å². The van der Waals surface area contributed by atoms with Gasteiger partial charge in [-0.3, -0.25) is 9.59 Å². The summed E-state index contributed by atoms with van der Waals surface area (Å²) >= 11 is 0. The molecule has 2 aromatic carbocycles. The van der Waals surface area contributed by atoms with Gasteiger partial charge in [-0.05, 0) is 24.3 Å². The van der Waals surface area contributed by atoms with Crippen molar-refractivity contribution in [1.29, 1.82) is 0 Å². The number of nitrogens with zero attached hydrogens (tertiary/aromatic N) is 2. The van der Waals surface area contributed by atoms with E-state index in [0.29, 0.717) is 26.2 Å². The molecule has 0 unspecified atom stereocenters. The van der Waals surface area contributed by atoms with Crippen LogP contribution in [0.4, 0.5) is 15.8 Å². The lowest BCUT2D eigenvalue weighted by Gasteiger charge is -2.36. The number of piperazine rings is 1. The minimum atomic E-state index is -0.833. The summed E-state index contributed by atoms with van der Waals surface area (Å²) in [5, 5.41) is 2.33. The van der Waals surface area contributed by atoms with Gasteiger partial charge in [-0.15, -0.1) is 0 Å². The fourth-order valence-electron chi connectivity index (χ4n) is 2.92. The molecule has 0 bridgehead atoms. The van der Waals surface area contributed by atoms with E-state index in [1.54, 1.807) is 13.2 Å². The van der Waals surface area contributed by atoms with Gasteiger partial charge in [0.2, 0.25) is 0 Å². The van der Waals surface area contributed by atoms with Crippen LogP contribution in [0.3, 0.4) is 0 Å². The van der Waals surface area contributed by atoms with E-state index >= 15 is 0 Å². The lowest BCUT2D eigenvalue weighted by Crippen LogP contribution is -2.51. The Labute approximate surface area is 151 Å². The maximum atomic E-state index is 13.6. The molecule has 0 spiro atoms. The topological polar surface area (TPSA) is 61.9 Å². The molecular formula is C19H20FN3O3. The molecule has 0 aromatic heterocycles. The Kier molecular flexibility index (Phi) is 5.36. The monoisotopic (exact) mass is 357 g/mol. The van der Waals surface area contributed by atoms with Crippen LogP contribution in [0.25, 0.3) is 0 Å². The molecule has 136 valence electrons. The highest BCUT2D eigenvalue weighted by Crippen LogP contribution is 2.28. The molecule has 6 nitrogen and oxygen atoms in total. The zero-order valence-electron chi connectivity index (χ0n) is 14.4. The molecule has 0 saturated carbocycles. The van der Waals surface area contributed by atoms with E-state index < -0.39 is 17.6 Å². The maximum Gasteiger partial charge on any atom is 0.313 e. The van der Waals surface area contributed by atoms with Crippen molar-refractivity contribution in [3.63, 3.8) is 0 Å². The number of hydrogen-bond acceptors (Lipinski definition) is 4. The first-order valence-electron chi connectivity index (χ1n) is 8.33. The fourth-order valence-corrected chi connectivity index (χ4v) is 2.92. The maximum absolute atomic E-state index is 13.6. The predicted octanol–water partition coefficient (Wildman–Crippen LogP) is 2.12. The van der Waals surface area contributed by atoms with Crippen molar-refractivity contribution in [3.05, 3.63) is 54.3 Å². The summed E-state index contributed by atoms with van der Waals surface area (Å²) < 4.78 is 19.0. The minimum Gasteiger partial charge on any atom is -0.495 e. The second-order valence-electron chi connectivity index (χ2n) is 5.89. The van der Waals surface area contributed by atoms with E-state index in [1.807, 2.05) is 24.3 Å². The quantitative estimate of drug-likeness (QED) is 0.855. The molecule has 1 heterocycles. The molecule has 1 aliphatic heterocycles. The average molecular weight is 357 g/mol. The van der Waals surface area contributed by atoms with Crippen molar-refractivity contribution in [3.8, 4) is 5.75 Å². The van der Waals surface area contributed by atoms with Crippen LogP contribution in [0.1, 0.15) is 0 Å². The normalized spacial score (nSPS) is 14.1. The zero-order valence-corrected chi connectivity index (χ0v) is 14.4. The number of nitrogens with one attached hydrogen (secondary N) is 1. The van der Waals surface area contributed by atoms with Gasteiger partial charge < -0.3 is 19.9 Å². The summed E-state index contributed by atoms with van der Waals surface area (Å²) in [6.45, 7) is 1.97. The molecule has 1 fully saturated rings. The number of hydrogen-bond donors (Lipinski definition) is 1. The van der Waals surface area contributed by atoms with E-state index in [1.165, 1.54) is 23.1 Å². The Balaban J connectivity index is 1.60. The van der Waals surface area contributed by atoms with Crippen LogP contribution in [0.15, 0.2) is 48.5 Å². The van der Waals surface area contributed by atoms with Crippen molar-refractivity contribution in [2.24, 2.45) is 0 Å². The summed E-state index contributed by atoms with van der Waals surface area (Å²) in [5.41, 5.74) is 0.955. The van der Waals surface area contributed by atoms with E-state index in [2.05, 4.69) is 10.2 Å². The second-order valence-corrected chi connectivity index (χ2v) is 5.89. The van der Waals surface area contributed by atoms with E-state index in [0.717, 1.165) is 11.4 Å². The predicted molar refractivity (Wildman–Crippen MR) is 96.8 cm³/mol. The van der Waals surface area contributed by atoms with Crippen LogP contribution in [0.5, 0.6) is 5.75 Å². The van der Waals surface area contributed by atoms with Crippen molar-refractivity contribution >= 4 is 23.2 Å². The van der Waals surface area contributed by atoms with Gasteiger partial charge in [0, 0.05) is 26.2 Å². The molecule has 1 N–H and O–H groups in total. The van der Waals surface area contributed by atoms with Crippen LogP contribution < -0.4 is 15.0 Å². The number of carbonyl (C=O) groups excluding carboxylic acids is 2. The SMILES string of the molecule is COc1ccccc1N1CCN(C(=O)C(=O)Nc2ccccc2F)CC1. The Hall–Kier alpha value is -3.09. The summed E-state index contributed by atoms with van der Waals surface area (Å²) in [6.07, 6.45) is 0. The molecule has 7 heteroatoms. The van der Waals surface area contributed by atoms with Crippen LogP contribution in [-0.4, -0.2) is 50.0 Å². The highest BCUT2D eigenvalue weighted by molar-refractivity contribution is 6.39. The van der Waals surface area contributed by atoms with Gasteiger partial charge in [0.05, 0.1) is 18.5 Å². The van der Waals surface area contributed by atoms with Crippen molar-refractivity contribution in [1.82, 2.24) is 4.90 Å². The minimum absolute atomic E-state index is 0.00138. The summed E-state index contributed by atoms with van der Waals surface area (Å²) in [5.74, 6) is -1.30. The number of para-hydroxylation sites is 3. The van der Waals surface area contributed by atoms with Crippen molar-refractivity contribution in [2.45, 2.75) is 0 Å². The Morgan fingerprint density at radius 2 is 1.65 bits per heavy atom. The average Bonchev–Trinajstić information content (AvgIpc) is 2.69. The number of benzene rings is 2. The third-order valence-electron chi connectivity index (χ3n) is 4.31. The zero-order chi connectivity index (χ0) is 18.5. The third-order valence-corrected chi connectivity index (χ3v) is 4.31. The first-order chi connectivity index (χ1) is 12.6. The number of anilines is 2. The Morgan fingerprint density at radius 3 is 2.35 bits per heavy atom. The molecule has 26 heavy (non-hydrogen) atoms. The molecule has 0 radical (unpaired) electrons. The van der Waals surface area contributed by atoms with Gasteiger partial charge in [-0.1, -0.05) is 24.3 Å². The highest BCUT2D eigenvalue weighted by Gasteiger charge is 2.27. The van der Waals surface area contributed by atoms with Crippen LogP contribution >= 0.6 is 0 Å². The molecule has 3 rings (SSSR count). The number of ether oxygens (including phenoxy) is 1. The summed E-state index contributed by atoms with van der Waals surface area (Å²) in [7, 11) is 1.62. The standard InChI is InChI=1S/C19H20FN3O3/c1-26-17-9-5-4-8-16(17)22-10-12-23(13-11-22)19(25)18(24)21-15-7-3-2-6-14(15)20/h2-9H,10-13H2,1H3,(H,21,24). The van der Waals surface area contributed by atoms with Gasteiger partial charge in [0.25, 0.3) is 0 Å². The molecule has 1 saturated heterocycles.